The van der Waals surface area contributed by atoms with Crippen molar-refractivity contribution in [2.45, 2.75) is 75.3 Å². The Hall–Kier alpha value is -2.58. The maximum atomic E-state index is 13.6. The normalized spacial score (nSPS) is 29.2. The molecular formula is C22H27F3N4O6. The maximum Gasteiger partial charge on any atom is 0.194 e. The summed E-state index contributed by atoms with van der Waals surface area (Å²) in [6, 6.07) is 0.383. The molecule has 1 aromatic carbocycles. The van der Waals surface area contributed by atoms with Crippen molar-refractivity contribution < 1.29 is 43.2 Å². The summed E-state index contributed by atoms with van der Waals surface area (Å²) >= 11 is 0. The minimum Gasteiger partial charge on any atom is -0.394 e. The van der Waals surface area contributed by atoms with Gasteiger partial charge < -0.3 is 30.0 Å². The van der Waals surface area contributed by atoms with Crippen LogP contribution in [0.1, 0.15) is 39.2 Å². The highest BCUT2D eigenvalue weighted by Crippen LogP contribution is 2.34. The van der Waals surface area contributed by atoms with E-state index < -0.39 is 60.1 Å². The smallest absolute Gasteiger partial charge is 0.194 e. The summed E-state index contributed by atoms with van der Waals surface area (Å²) in [5, 5.41) is 53.2. The van der Waals surface area contributed by atoms with Gasteiger partial charge in [0.05, 0.1) is 30.2 Å². The molecule has 0 aliphatic carbocycles. The lowest BCUT2D eigenvalue weighted by Crippen LogP contribution is -2.56. The third-order valence-electron chi connectivity index (χ3n) is 6.04. The average Bonchev–Trinajstić information content (AvgIpc) is 3.42. The molecule has 2 aliphatic rings. The second kappa shape index (κ2) is 9.82. The summed E-state index contributed by atoms with van der Waals surface area (Å²) < 4.78 is 47.4. The molecule has 4 N–H and O–H groups in total. The van der Waals surface area contributed by atoms with Crippen LogP contribution in [0.2, 0.25) is 0 Å². The van der Waals surface area contributed by atoms with Crippen molar-refractivity contribution >= 4 is 5.71 Å². The zero-order valence-corrected chi connectivity index (χ0v) is 19.1. The summed E-state index contributed by atoms with van der Waals surface area (Å²) in [7, 11) is 0. The van der Waals surface area contributed by atoms with Crippen LogP contribution in [-0.4, -0.2) is 83.9 Å². The molecule has 1 fully saturated rings. The number of nitrogens with zero attached hydrogens (tertiary/aromatic N) is 4. The summed E-state index contributed by atoms with van der Waals surface area (Å²) in [6.07, 6.45) is -2.92. The van der Waals surface area contributed by atoms with Crippen molar-refractivity contribution in [1.29, 1.82) is 0 Å². The number of aliphatic hydroxyl groups excluding tert-OH is 3. The molecule has 1 aromatic heterocycles. The Morgan fingerprint density at radius 2 is 1.77 bits per heavy atom. The van der Waals surface area contributed by atoms with Gasteiger partial charge in [0.2, 0.25) is 0 Å². The first-order valence-electron chi connectivity index (χ1n) is 11.1. The Labute approximate surface area is 198 Å². The second-order valence-electron chi connectivity index (χ2n) is 9.51. The first-order chi connectivity index (χ1) is 16.5. The van der Waals surface area contributed by atoms with E-state index in [0.29, 0.717) is 18.6 Å². The minimum absolute atomic E-state index is 0.0196. The van der Waals surface area contributed by atoms with Crippen molar-refractivity contribution in [1.82, 2.24) is 15.0 Å². The molecule has 0 amide bonds. The van der Waals surface area contributed by atoms with Crippen molar-refractivity contribution in [3.8, 4) is 11.3 Å². The molecule has 0 spiro atoms. The third-order valence-corrected chi connectivity index (χ3v) is 6.04. The molecule has 2 aromatic rings. The number of hydrogen-bond acceptors (Lipinski definition) is 9. The number of oxime groups is 1. The van der Waals surface area contributed by atoms with Crippen molar-refractivity contribution in [3.63, 3.8) is 0 Å². The van der Waals surface area contributed by atoms with Crippen LogP contribution < -0.4 is 0 Å². The van der Waals surface area contributed by atoms with Gasteiger partial charge in [-0.25, -0.2) is 17.9 Å². The molecule has 4 rings (SSSR count). The molecule has 1 saturated heterocycles. The van der Waals surface area contributed by atoms with Gasteiger partial charge in [0.15, 0.2) is 17.5 Å². The molecule has 192 valence electrons. The number of hydrogen-bond donors (Lipinski definition) is 4. The highest BCUT2D eigenvalue weighted by Gasteiger charge is 2.46. The van der Waals surface area contributed by atoms with Gasteiger partial charge >= 0.3 is 0 Å². The third kappa shape index (κ3) is 5.48. The number of ether oxygens (including phenoxy) is 1. The molecule has 35 heavy (non-hydrogen) atoms. The zero-order valence-electron chi connectivity index (χ0n) is 19.1. The van der Waals surface area contributed by atoms with E-state index in [1.54, 1.807) is 13.8 Å². The summed E-state index contributed by atoms with van der Waals surface area (Å²) in [6.45, 7) is 2.75. The van der Waals surface area contributed by atoms with Crippen molar-refractivity contribution in [3.05, 3.63) is 35.8 Å². The van der Waals surface area contributed by atoms with Crippen molar-refractivity contribution in [2.75, 3.05) is 6.61 Å². The average molecular weight is 500 g/mol. The van der Waals surface area contributed by atoms with Gasteiger partial charge in [-0.15, -0.1) is 5.10 Å². The van der Waals surface area contributed by atoms with Crippen LogP contribution in [0, 0.1) is 17.5 Å². The predicted octanol–water partition coefficient (Wildman–Crippen LogP) is 1.08. The number of aliphatic hydroxyl groups is 4. The molecule has 0 radical (unpaired) electrons. The Balaban J connectivity index is 1.53. The van der Waals surface area contributed by atoms with Gasteiger partial charge in [-0.1, -0.05) is 10.4 Å². The van der Waals surface area contributed by atoms with Crippen LogP contribution in [0.15, 0.2) is 23.5 Å². The Morgan fingerprint density at radius 1 is 1.11 bits per heavy atom. The van der Waals surface area contributed by atoms with E-state index in [9.17, 15) is 33.6 Å². The van der Waals surface area contributed by atoms with E-state index in [1.165, 1.54) is 6.20 Å². The fourth-order valence-electron chi connectivity index (χ4n) is 4.42. The van der Waals surface area contributed by atoms with Crippen LogP contribution >= 0.6 is 0 Å². The topological polar surface area (TPSA) is 142 Å². The zero-order chi connectivity index (χ0) is 25.5. The Bertz CT molecular complexity index is 1070. The SMILES string of the molecule is CC(C)(O)CC1CC(C[C@H]2O[C@H](CO)[C@H](O)[C@H](n3cc(-c4cc(F)c(F)c(F)c4)nn3)[C@H]2O)=NO1. The Kier molecular flexibility index (Phi) is 7.16. The fraction of sp³-hybridized carbons (Fsp3) is 0.591. The van der Waals surface area contributed by atoms with Gasteiger partial charge in [0.25, 0.3) is 0 Å². The summed E-state index contributed by atoms with van der Waals surface area (Å²) in [5.74, 6) is -4.42. The predicted molar refractivity (Wildman–Crippen MR) is 115 cm³/mol. The van der Waals surface area contributed by atoms with Gasteiger partial charge in [-0.3, -0.25) is 0 Å². The molecule has 0 saturated carbocycles. The van der Waals surface area contributed by atoms with Crippen LogP contribution in [0.25, 0.3) is 11.3 Å². The van der Waals surface area contributed by atoms with Gasteiger partial charge in [-0.2, -0.15) is 0 Å². The van der Waals surface area contributed by atoms with Gasteiger partial charge in [0.1, 0.15) is 36.2 Å². The second-order valence-corrected chi connectivity index (χ2v) is 9.51. The van der Waals surface area contributed by atoms with E-state index in [-0.39, 0.29) is 23.8 Å². The molecule has 0 bridgehead atoms. The van der Waals surface area contributed by atoms with Crippen LogP contribution in [0.3, 0.4) is 0 Å². The lowest BCUT2D eigenvalue weighted by molar-refractivity contribution is -0.203. The molecular weight excluding hydrogens is 473 g/mol. The highest BCUT2D eigenvalue weighted by molar-refractivity contribution is 5.86. The van der Waals surface area contributed by atoms with Crippen LogP contribution in [0.5, 0.6) is 0 Å². The number of halogens is 3. The number of rotatable bonds is 7. The minimum atomic E-state index is -1.62. The fourth-order valence-corrected chi connectivity index (χ4v) is 4.42. The van der Waals surface area contributed by atoms with E-state index >= 15 is 0 Å². The maximum absolute atomic E-state index is 13.6. The molecule has 2 aliphatic heterocycles. The molecule has 13 heteroatoms. The van der Waals surface area contributed by atoms with E-state index in [4.69, 9.17) is 9.57 Å². The first kappa shape index (κ1) is 25.5. The lowest BCUT2D eigenvalue weighted by Gasteiger charge is -2.42. The molecule has 1 unspecified atom stereocenters. The van der Waals surface area contributed by atoms with Crippen molar-refractivity contribution in [2.24, 2.45) is 5.16 Å². The van der Waals surface area contributed by atoms with Gasteiger partial charge in [-0.05, 0) is 26.0 Å². The summed E-state index contributed by atoms with van der Waals surface area (Å²) in [4.78, 5) is 5.36. The Morgan fingerprint density at radius 3 is 2.40 bits per heavy atom. The van der Waals surface area contributed by atoms with E-state index in [0.717, 1.165) is 16.8 Å². The standard InChI is InChI=1S/C22H27F3N4O6/c1-22(2,33)7-12-5-11(27-35-12)6-16-20(31)19(21(32)17(9-30)34-16)29-8-15(26-28-29)10-3-13(23)18(25)14(24)4-10/h3-4,8,12,16-17,19-21,30-33H,5-7,9H2,1-2H3/t12?,16-,17-,19-,20+,21+/m1/s1. The van der Waals surface area contributed by atoms with Crippen LogP contribution in [-0.2, 0) is 9.57 Å². The molecule has 6 atom stereocenters. The van der Waals surface area contributed by atoms with E-state index in [1.807, 2.05) is 0 Å². The summed E-state index contributed by atoms with van der Waals surface area (Å²) in [5.41, 5.74) is -0.482. The van der Waals surface area contributed by atoms with Gasteiger partial charge in [0, 0.05) is 24.8 Å². The van der Waals surface area contributed by atoms with Crippen LogP contribution in [0.4, 0.5) is 13.2 Å². The number of aromatic nitrogens is 3. The van der Waals surface area contributed by atoms with E-state index in [2.05, 4.69) is 15.5 Å². The largest absolute Gasteiger partial charge is 0.394 e. The number of benzene rings is 1. The highest BCUT2D eigenvalue weighted by atomic mass is 19.2. The molecule has 3 heterocycles. The quantitative estimate of drug-likeness (QED) is 0.414. The monoisotopic (exact) mass is 500 g/mol. The lowest BCUT2D eigenvalue weighted by atomic mass is 9.89. The first-order valence-corrected chi connectivity index (χ1v) is 11.1. The molecule has 10 nitrogen and oxygen atoms in total.